The van der Waals surface area contributed by atoms with Crippen molar-refractivity contribution in [2.24, 2.45) is 0 Å². The van der Waals surface area contributed by atoms with Gasteiger partial charge in [-0.05, 0) is 48.4 Å². The summed E-state index contributed by atoms with van der Waals surface area (Å²) in [4.78, 5) is 14.4. The molecule has 0 aliphatic carbocycles. The van der Waals surface area contributed by atoms with Gasteiger partial charge in [-0.3, -0.25) is 4.79 Å². The van der Waals surface area contributed by atoms with Gasteiger partial charge in [0, 0.05) is 26.7 Å². The first-order chi connectivity index (χ1) is 16.1. The fourth-order valence-electron chi connectivity index (χ4n) is 3.50. The van der Waals surface area contributed by atoms with Crippen molar-refractivity contribution in [3.63, 3.8) is 0 Å². The number of amides is 1. The fraction of sp³-hybridized carbons (Fsp3) is 0.458. The fourth-order valence-corrected chi connectivity index (χ4v) is 5.04. The Morgan fingerprint density at radius 1 is 0.912 bits per heavy atom. The summed E-state index contributed by atoms with van der Waals surface area (Å²) in [6.45, 7) is 6.24. The molecule has 0 aliphatic rings. The minimum atomic E-state index is -3.56. The first kappa shape index (κ1) is 27.3. The van der Waals surface area contributed by atoms with Gasteiger partial charge in [-0.1, -0.05) is 13.8 Å². The predicted molar refractivity (Wildman–Crippen MR) is 129 cm³/mol. The Labute approximate surface area is 202 Å². The molecule has 0 saturated carbocycles. The molecule has 0 atom stereocenters. The van der Waals surface area contributed by atoms with Gasteiger partial charge in [-0.25, -0.2) is 8.42 Å². The number of benzene rings is 2. The molecule has 1 amide bonds. The third-order valence-corrected chi connectivity index (χ3v) is 7.46. The first-order valence-corrected chi connectivity index (χ1v) is 12.3. The van der Waals surface area contributed by atoms with Crippen LogP contribution in [0.4, 0.5) is 0 Å². The van der Waals surface area contributed by atoms with Crippen LogP contribution in [-0.4, -0.2) is 71.6 Å². The quantitative estimate of drug-likeness (QED) is 0.448. The van der Waals surface area contributed by atoms with Crippen LogP contribution in [0.3, 0.4) is 0 Å². The molecule has 0 unspecified atom stereocenters. The lowest BCUT2D eigenvalue weighted by Gasteiger charge is -2.21. The molecule has 0 fully saturated rings. The summed E-state index contributed by atoms with van der Waals surface area (Å²) < 4.78 is 48.6. The van der Waals surface area contributed by atoms with E-state index in [0.717, 1.165) is 5.56 Å². The van der Waals surface area contributed by atoms with Crippen LogP contribution >= 0.6 is 0 Å². The second-order valence-corrected chi connectivity index (χ2v) is 9.53. The second kappa shape index (κ2) is 11.9. The summed E-state index contributed by atoms with van der Waals surface area (Å²) in [5.74, 6) is 1.70. The van der Waals surface area contributed by atoms with E-state index in [2.05, 4.69) is 0 Å². The average Bonchev–Trinajstić information content (AvgIpc) is 2.82. The van der Waals surface area contributed by atoms with Crippen LogP contribution in [0.1, 0.15) is 25.0 Å². The van der Waals surface area contributed by atoms with Gasteiger partial charge in [-0.2, -0.15) is 4.31 Å². The second-order valence-electron chi connectivity index (χ2n) is 7.59. The standard InChI is InChI=1S/C24H34N2O7S/c1-8-26(9-2)34(28,29)19-10-11-20(17(3)12-19)33-16-23(27)25(4)15-18-13-21(30-5)24(32-7)22(14-18)31-6/h10-14H,8-9,15-16H2,1-7H3. The summed E-state index contributed by atoms with van der Waals surface area (Å²) in [5.41, 5.74) is 1.43. The number of carbonyl (C=O) groups is 1. The van der Waals surface area contributed by atoms with Crippen molar-refractivity contribution < 1.29 is 32.2 Å². The summed E-state index contributed by atoms with van der Waals surface area (Å²) in [5, 5.41) is 0. The van der Waals surface area contributed by atoms with E-state index >= 15 is 0 Å². The van der Waals surface area contributed by atoms with Gasteiger partial charge in [0.2, 0.25) is 15.8 Å². The zero-order valence-corrected chi connectivity index (χ0v) is 21.7. The number of aryl methyl sites for hydroxylation is 1. The monoisotopic (exact) mass is 494 g/mol. The topological polar surface area (TPSA) is 94.6 Å². The molecule has 0 heterocycles. The SMILES string of the molecule is CCN(CC)S(=O)(=O)c1ccc(OCC(=O)N(C)Cc2cc(OC)c(OC)c(OC)c2)c(C)c1. The van der Waals surface area contributed by atoms with E-state index in [1.54, 1.807) is 52.1 Å². The highest BCUT2D eigenvalue weighted by Crippen LogP contribution is 2.38. The Hall–Kier alpha value is -2.98. The minimum absolute atomic E-state index is 0.191. The lowest BCUT2D eigenvalue weighted by Crippen LogP contribution is -2.31. The molecule has 2 aromatic rings. The van der Waals surface area contributed by atoms with Crippen molar-refractivity contribution in [1.82, 2.24) is 9.21 Å². The van der Waals surface area contributed by atoms with Crippen LogP contribution in [-0.2, 0) is 21.4 Å². The highest BCUT2D eigenvalue weighted by molar-refractivity contribution is 7.89. The number of carbonyl (C=O) groups excluding carboxylic acids is 1. The van der Waals surface area contributed by atoms with Crippen LogP contribution in [0.2, 0.25) is 0 Å². The number of ether oxygens (including phenoxy) is 4. The number of sulfonamides is 1. The van der Waals surface area contributed by atoms with E-state index in [-0.39, 0.29) is 17.4 Å². The average molecular weight is 495 g/mol. The van der Waals surface area contributed by atoms with Crippen LogP contribution in [0, 0.1) is 6.92 Å². The Kier molecular flexibility index (Phi) is 9.57. The van der Waals surface area contributed by atoms with Gasteiger partial charge >= 0.3 is 0 Å². The van der Waals surface area contributed by atoms with Crippen molar-refractivity contribution in [2.75, 3.05) is 48.1 Å². The number of nitrogens with zero attached hydrogens (tertiary/aromatic N) is 2. The molecule has 188 valence electrons. The van der Waals surface area contributed by atoms with Crippen LogP contribution in [0.5, 0.6) is 23.0 Å². The number of hydrogen-bond acceptors (Lipinski definition) is 7. The Balaban J connectivity index is 2.09. The maximum atomic E-state index is 12.7. The number of likely N-dealkylation sites (N-methyl/N-ethyl adjacent to an activating group) is 1. The molecular weight excluding hydrogens is 460 g/mol. The molecule has 0 aliphatic heterocycles. The number of methoxy groups -OCH3 is 3. The van der Waals surface area contributed by atoms with Crippen molar-refractivity contribution >= 4 is 15.9 Å². The first-order valence-electron chi connectivity index (χ1n) is 10.9. The Morgan fingerprint density at radius 2 is 1.50 bits per heavy atom. The predicted octanol–water partition coefficient (Wildman–Crippen LogP) is 3.09. The molecular formula is C24H34N2O7S. The number of hydrogen-bond donors (Lipinski definition) is 0. The molecule has 0 saturated heterocycles. The smallest absolute Gasteiger partial charge is 0.260 e. The van der Waals surface area contributed by atoms with Gasteiger partial charge in [0.1, 0.15) is 5.75 Å². The highest BCUT2D eigenvalue weighted by atomic mass is 32.2. The zero-order valence-electron chi connectivity index (χ0n) is 20.9. The van der Waals surface area contributed by atoms with E-state index < -0.39 is 10.0 Å². The summed E-state index contributed by atoms with van der Waals surface area (Å²) in [6, 6.07) is 8.21. The molecule has 0 aromatic heterocycles. The normalized spacial score (nSPS) is 11.3. The van der Waals surface area contributed by atoms with E-state index in [1.165, 1.54) is 36.6 Å². The van der Waals surface area contributed by atoms with Crippen LogP contribution < -0.4 is 18.9 Å². The maximum Gasteiger partial charge on any atom is 0.260 e. The van der Waals surface area contributed by atoms with Crippen molar-refractivity contribution in [3.05, 3.63) is 41.5 Å². The molecule has 0 radical (unpaired) electrons. The molecule has 2 rings (SSSR count). The molecule has 2 aromatic carbocycles. The van der Waals surface area contributed by atoms with E-state index in [9.17, 15) is 13.2 Å². The molecule has 34 heavy (non-hydrogen) atoms. The third-order valence-electron chi connectivity index (χ3n) is 5.41. The Morgan fingerprint density at radius 3 is 1.97 bits per heavy atom. The van der Waals surface area contributed by atoms with Gasteiger partial charge in [0.15, 0.2) is 18.1 Å². The van der Waals surface area contributed by atoms with E-state index in [0.29, 0.717) is 48.2 Å². The van der Waals surface area contributed by atoms with E-state index in [4.69, 9.17) is 18.9 Å². The molecule has 0 N–H and O–H groups in total. The summed E-state index contributed by atoms with van der Waals surface area (Å²) in [6.07, 6.45) is 0. The molecule has 10 heteroatoms. The minimum Gasteiger partial charge on any atom is -0.493 e. The summed E-state index contributed by atoms with van der Waals surface area (Å²) >= 11 is 0. The lowest BCUT2D eigenvalue weighted by atomic mass is 10.1. The van der Waals surface area contributed by atoms with Gasteiger partial charge in [0.25, 0.3) is 5.91 Å². The van der Waals surface area contributed by atoms with E-state index in [1.807, 2.05) is 0 Å². The largest absolute Gasteiger partial charge is 0.493 e. The summed E-state index contributed by atoms with van der Waals surface area (Å²) in [7, 11) is 2.70. The van der Waals surface area contributed by atoms with Crippen molar-refractivity contribution in [2.45, 2.75) is 32.2 Å². The van der Waals surface area contributed by atoms with Gasteiger partial charge < -0.3 is 23.8 Å². The van der Waals surface area contributed by atoms with Crippen molar-refractivity contribution in [1.29, 1.82) is 0 Å². The van der Waals surface area contributed by atoms with Crippen LogP contribution in [0.25, 0.3) is 0 Å². The van der Waals surface area contributed by atoms with Gasteiger partial charge in [-0.15, -0.1) is 0 Å². The van der Waals surface area contributed by atoms with Crippen molar-refractivity contribution in [3.8, 4) is 23.0 Å². The molecule has 9 nitrogen and oxygen atoms in total. The lowest BCUT2D eigenvalue weighted by molar-refractivity contribution is -0.132. The highest BCUT2D eigenvalue weighted by Gasteiger charge is 2.22. The third kappa shape index (κ3) is 6.12. The molecule has 0 bridgehead atoms. The van der Waals surface area contributed by atoms with Crippen LogP contribution in [0.15, 0.2) is 35.2 Å². The maximum absolute atomic E-state index is 12.7. The zero-order chi connectivity index (χ0) is 25.5. The number of rotatable bonds is 12. The van der Waals surface area contributed by atoms with Gasteiger partial charge in [0.05, 0.1) is 26.2 Å². The Bertz CT molecular complexity index is 1070. The molecule has 0 spiro atoms.